The number of carbonyl (C=O) groups is 1. The van der Waals surface area contributed by atoms with Crippen molar-refractivity contribution in [3.8, 4) is 0 Å². The highest BCUT2D eigenvalue weighted by Crippen LogP contribution is 2.20. The normalized spacial score (nSPS) is 21.0. The number of aliphatic hydroxyl groups excluding tert-OH is 1. The highest BCUT2D eigenvalue weighted by atomic mass is 16.3. The zero-order valence-corrected chi connectivity index (χ0v) is 14.6. The van der Waals surface area contributed by atoms with Crippen molar-refractivity contribution < 1.29 is 9.90 Å². The van der Waals surface area contributed by atoms with Crippen LogP contribution in [0.15, 0.2) is 48.7 Å². The Morgan fingerprint density at radius 2 is 2.08 bits per heavy atom. The third-order valence-corrected chi connectivity index (χ3v) is 4.81. The van der Waals surface area contributed by atoms with Gasteiger partial charge in [0, 0.05) is 43.5 Å². The summed E-state index contributed by atoms with van der Waals surface area (Å²) in [5.41, 5.74) is 2.71. The number of nitrogens with one attached hydrogen (secondary N) is 1. The number of pyridine rings is 1. The average Bonchev–Trinajstić information content (AvgIpc) is 2.63. The Balaban J connectivity index is 1.64. The quantitative estimate of drug-likeness (QED) is 0.874. The van der Waals surface area contributed by atoms with Gasteiger partial charge in [0.1, 0.15) is 0 Å². The lowest BCUT2D eigenvalue weighted by Gasteiger charge is -2.38. The molecule has 2 N–H and O–H groups in total. The molecule has 1 aliphatic rings. The molecule has 2 heterocycles. The molecular weight excluding hydrogens is 314 g/mol. The van der Waals surface area contributed by atoms with Gasteiger partial charge in [-0.2, -0.15) is 0 Å². The molecule has 1 aromatic carbocycles. The van der Waals surface area contributed by atoms with Crippen LogP contribution in [-0.2, 0) is 6.54 Å². The number of likely N-dealkylation sites (tertiary alicyclic amines) is 1. The van der Waals surface area contributed by atoms with E-state index < -0.39 is 0 Å². The molecule has 2 atom stereocenters. The predicted octanol–water partition coefficient (Wildman–Crippen LogP) is 2.00. The van der Waals surface area contributed by atoms with Gasteiger partial charge in [-0.3, -0.25) is 14.7 Å². The van der Waals surface area contributed by atoms with E-state index in [0.717, 1.165) is 31.7 Å². The molecule has 2 aromatic rings. The molecule has 0 radical (unpaired) electrons. The van der Waals surface area contributed by atoms with Crippen molar-refractivity contribution in [2.45, 2.75) is 25.9 Å². The number of aromatic nitrogens is 1. The van der Waals surface area contributed by atoms with E-state index in [9.17, 15) is 9.90 Å². The van der Waals surface area contributed by atoms with Crippen molar-refractivity contribution in [2.75, 3.05) is 19.7 Å². The Morgan fingerprint density at radius 1 is 1.28 bits per heavy atom. The van der Waals surface area contributed by atoms with Crippen LogP contribution in [0.3, 0.4) is 0 Å². The van der Waals surface area contributed by atoms with Crippen LogP contribution in [0, 0.1) is 12.8 Å². The van der Waals surface area contributed by atoms with Gasteiger partial charge >= 0.3 is 0 Å². The first kappa shape index (κ1) is 17.6. The van der Waals surface area contributed by atoms with E-state index in [1.165, 1.54) is 5.56 Å². The second-order valence-corrected chi connectivity index (χ2v) is 6.72. The van der Waals surface area contributed by atoms with Gasteiger partial charge < -0.3 is 10.4 Å². The predicted molar refractivity (Wildman–Crippen MR) is 97.1 cm³/mol. The number of rotatable bonds is 5. The van der Waals surface area contributed by atoms with Crippen molar-refractivity contribution in [3.63, 3.8) is 0 Å². The van der Waals surface area contributed by atoms with Crippen molar-refractivity contribution in [2.24, 2.45) is 5.92 Å². The summed E-state index contributed by atoms with van der Waals surface area (Å²) in [4.78, 5) is 19.0. The Hall–Kier alpha value is -2.24. The van der Waals surface area contributed by atoms with Gasteiger partial charge in [0.15, 0.2) is 0 Å². The standard InChI is InChI=1S/C20H25N3O2/c1-15-7-8-17(11-21-15)20(25)22-19-13-23(10-9-18(19)14-24)12-16-5-3-2-4-6-16/h2-8,11,18-19,24H,9-10,12-14H2,1H3,(H,22,25). The van der Waals surface area contributed by atoms with Crippen LogP contribution in [0.1, 0.15) is 28.0 Å². The van der Waals surface area contributed by atoms with E-state index in [1.807, 2.05) is 31.2 Å². The summed E-state index contributed by atoms with van der Waals surface area (Å²) in [5, 5.41) is 12.8. The van der Waals surface area contributed by atoms with E-state index in [4.69, 9.17) is 0 Å². The molecule has 25 heavy (non-hydrogen) atoms. The van der Waals surface area contributed by atoms with Crippen LogP contribution in [0.5, 0.6) is 0 Å². The van der Waals surface area contributed by atoms with Crippen molar-refractivity contribution in [3.05, 3.63) is 65.5 Å². The molecule has 0 bridgehead atoms. The number of hydrogen-bond donors (Lipinski definition) is 2. The SMILES string of the molecule is Cc1ccc(C(=O)NC2CN(Cc3ccccc3)CCC2CO)cn1. The molecule has 0 saturated carbocycles. The summed E-state index contributed by atoms with van der Waals surface area (Å²) in [7, 11) is 0. The monoisotopic (exact) mass is 339 g/mol. The second kappa shape index (κ2) is 8.23. The van der Waals surface area contributed by atoms with E-state index in [-0.39, 0.29) is 24.5 Å². The minimum absolute atomic E-state index is 0.0590. The fraction of sp³-hybridized carbons (Fsp3) is 0.400. The molecule has 3 rings (SSSR count). The van der Waals surface area contributed by atoms with Gasteiger partial charge in [-0.05, 0) is 37.6 Å². The summed E-state index contributed by atoms with van der Waals surface area (Å²) < 4.78 is 0. The number of benzene rings is 1. The lowest BCUT2D eigenvalue weighted by molar-refractivity contribution is 0.0730. The molecule has 1 aliphatic heterocycles. The Bertz CT molecular complexity index is 688. The van der Waals surface area contributed by atoms with Crippen LogP contribution in [0.2, 0.25) is 0 Å². The zero-order valence-electron chi connectivity index (χ0n) is 14.6. The fourth-order valence-corrected chi connectivity index (χ4v) is 3.29. The maximum atomic E-state index is 12.5. The van der Waals surface area contributed by atoms with Crippen molar-refractivity contribution >= 4 is 5.91 Å². The summed E-state index contributed by atoms with van der Waals surface area (Å²) in [6.07, 6.45) is 2.48. The Labute approximate surface area is 148 Å². The molecule has 5 heteroatoms. The second-order valence-electron chi connectivity index (χ2n) is 6.72. The molecular formula is C20H25N3O2. The zero-order chi connectivity index (χ0) is 17.6. The minimum atomic E-state index is -0.127. The first-order valence-corrected chi connectivity index (χ1v) is 8.76. The Kier molecular flexibility index (Phi) is 5.79. The molecule has 1 saturated heterocycles. The molecule has 0 aliphatic carbocycles. The number of nitrogens with zero attached hydrogens (tertiary/aromatic N) is 2. The van der Waals surface area contributed by atoms with Crippen LogP contribution >= 0.6 is 0 Å². The topological polar surface area (TPSA) is 65.5 Å². The van der Waals surface area contributed by atoms with Gasteiger partial charge in [-0.25, -0.2) is 0 Å². The molecule has 1 aromatic heterocycles. The summed E-state index contributed by atoms with van der Waals surface area (Å²) in [6, 6.07) is 13.9. The maximum absolute atomic E-state index is 12.5. The van der Waals surface area contributed by atoms with E-state index in [0.29, 0.717) is 5.56 Å². The first-order chi connectivity index (χ1) is 12.2. The highest BCUT2D eigenvalue weighted by molar-refractivity contribution is 5.94. The summed E-state index contributed by atoms with van der Waals surface area (Å²) >= 11 is 0. The number of amides is 1. The van der Waals surface area contributed by atoms with E-state index >= 15 is 0 Å². The van der Waals surface area contributed by atoms with Gasteiger partial charge in [0.05, 0.1) is 5.56 Å². The van der Waals surface area contributed by atoms with Gasteiger partial charge in [-0.1, -0.05) is 30.3 Å². The van der Waals surface area contributed by atoms with Gasteiger partial charge in [0.25, 0.3) is 5.91 Å². The van der Waals surface area contributed by atoms with Crippen LogP contribution in [0.4, 0.5) is 0 Å². The molecule has 132 valence electrons. The maximum Gasteiger partial charge on any atom is 0.253 e. The van der Waals surface area contributed by atoms with Gasteiger partial charge in [-0.15, -0.1) is 0 Å². The third kappa shape index (κ3) is 4.65. The van der Waals surface area contributed by atoms with E-state index in [1.54, 1.807) is 12.3 Å². The molecule has 1 fully saturated rings. The number of carbonyl (C=O) groups excluding carboxylic acids is 1. The number of aryl methyl sites for hydroxylation is 1. The lowest BCUT2D eigenvalue weighted by atomic mass is 9.91. The number of piperidine rings is 1. The minimum Gasteiger partial charge on any atom is -0.396 e. The average molecular weight is 339 g/mol. The van der Waals surface area contributed by atoms with Crippen LogP contribution in [-0.4, -0.2) is 46.6 Å². The lowest BCUT2D eigenvalue weighted by Crippen LogP contribution is -2.53. The van der Waals surface area contributed by atoms with Crippen molar-refractivity contribution in [1.29, 1.82) is 0 Å². The number of aliphatic hydroxyl groups is 1. The van der Waals surface area contributed by atoms with Gasteiger partial charge in [0.2, 0.25) is 0 Å². The van der Waals surface area contributed by atoms with Crippen LogP contribution in [0.25, 0.3) is 0 Å². The van der Waals surface area contributed by atoms with Crippen molar-refractivity contribution in [1.82, 2.24) is 15.2 Å². The molecule has 5 nitrogen and oxygen atoms in total. The van der Waals surface area contributed by atoms with E-state index in [2.05, 4.69) is 27.3 Å². The molecule has 1 amide bonds. The summed E-state index contributed by atoms with van der Waals surface area (Å²) in [5.74, 6) is -0.0353. The smallest absolute Gasteiger partial charge is 0.253 e. The molecule has 0 spiro atoms. The van der Waals surface area contributed by atoms with Crippen LogP contribution < -0.4 is 5.32 Å². The fourth-order valence-electron chi connectivity index (χ4n) is 3.29. The third-order valence-electron chi connectivity index (χ3n) is 4.81. The largest absolute Gasteiger partial charge is 0.396 e. The highest BCUT2D eigenvalue weighted by Gasteiger charge is 2.30. The summed E-state index contributed by atoms with van der Waals surface area (Å²) in [6.45, 7) is 4.52. The first-order valence-electron chi connectivity index (χ1n) is 8.76. The Morgan fingerprint density at radius 3 is 2.76 bits per heavy atom. The number of hydrogen-bond acceptors (Lipinski definition) is 4. The molecule has 2 unspecified atom stereocenters.